The van der Waals surface area contributed by atoms with Crippen molar-refractivity contribution in [3.8, 4) is 0 Å². The number of hydrogen-bond acceptors (Lipinski definition) is 4. The predicted molar refractivity (Wildman–Crippen MR) is 118 cm³/mol. The number of rotatable bonds is 7. The minimum absolute atomic E-state index is 0. The zero-order valence-corrected chi connectivity index (χ0v) is 18.7. The second-order valence-corrected chi connectivity index (χ2v) is 7.10. The first-order valence-corrected chi connectivity index (χ1v) is 9.33. The smallest absolute Gasteiger partial charge is 0.191 e. The Morgan fingerprint density at radius 3 is 2.64 bits per heavy atom. The van der Waals surface area contributed by atoms with Gasteiger partial charge in [0, 0.05) is 37.1 Å². The zero-order valence-electron chi connectivity index (χ0n) is 14.8. The van der Waals surface area contributed by atoms with Crippen LogP contribution in [0.3, 0.4) is 0 Å². The molecule has 0 unspecified atom stereocenters. The molecule has 0 saturated carbocycles. The second-order valence-electron chi connectivity index (χ2n) is 5.43. The predicted octanol–water partition coefficient (Wildman–Crippen LogP) is 3.77. The summed E-state index contributed by atoms with van der Waals surface area (Å²) >= 11 is 7.55. The summed E-state index contributed by atoms with van der Waals surface area (Å²) in [5.41, 5.74) is 2.28. The van der Waals surface area contributed by atoms with Crippen LogP contribution in [0.15, 0.2) is 23.3 Å². The molecule has 8 heteroatoms. The van der Waals surface area contributed by atoms with Gasteiger partial charge in [0.1, 0.15) is 5.15 Å². The number of pyridine rings is 1. The van der Waals surface area contributed by atoms with Gasteiger partial charge in [-0.3, -0.25) is 4.99 Å². The summed E-state index contributed by atoms with van der Waals surface area (Å²) in [5, 5.41) is 8.29. The minimum Gasteiger partial charge on any atom is -0.357 e. The molecule has 0 aliphatic carbocycles. The lowest BCUT2D eigenvalue weighted by Crippen LogP contribution is -2.38. The fourth-order valence-corrected chi connectivity index (χ4v) is 3.17. The van der Waals surface area contributed by atoms with Crippen molar-refractivity contribution in [2.24, 2.45) is 4.99 Å². The van der Waals surface area contributed by atoms with Gasteiger partial charge in [-0.2, -0.15) is 0 Å². The SMILES string of the molecule is CCNC(=NCCc1nc(C)c(C)s1)NCCc1ccc(Cl)nc1.I. The van der Waals surface area contributed by atoms with Crippen LogP contribution in [0.25, 0.3) is 0 Å². The molecule has 0 spiro atoms. The molecule has 0 amide bonds. The van der Waals surface area contributed by atoms with Crippen LogP contribution in [-0.4, -0.2) is 35.6 Å². The highest BCUT2D eigenvalue weighted by atomic mass is 127. The van der Waals surface area contributed by atoms with E-state index in [0.717, 1.165) is 54.7 Å². The monoisotopic (exact) mass is 493 g/mol. The van der Waals surface area contributed by atoms with Crippen LogP contribution in [0, 0.1) is 13.8 Å². The molecule has 25 heavy (non-hydrogen) atoms. The van der Waals surface area contributed by atoms with E-state index in [1.165, 1.54) is 4.88 Å². The van der Waals surface area contributed by atoms with E-state index in [1.807, 2.05) is 12.1 Å². The van der Waals surface area contributed by atoms with Gasteiger partial charge in [0.25, 0.3) is 0 Å². The number of aryl methyl sites for hydroxylation is 2. The lowest BCUT2D eigenvalue weighted by Gasteiger charge is -2.11. The Morgan fingerprint density at radius 1 is 1.24 bits per heavy atom. The van der Waals surface area contributed by atoms with Crippen molar-refractivity contribution in [2.45, 2.75) is 33.6 Å². The molecule has 0 fully saturated rings. The molecule has 0 aliphatic rings. The summed E-state index contributed by atoms with van der Waals surface area (Å²) in [4.78, 5) is 14.5. The topological polar surface area (TPSA) is 62.2 Å². The Labute approximate surface area is 175 Å². The van der Waals surface area contributed by atoms with Crippen molar-refractivity contribution in [1.29, 1.82) is 0 Å². The molecule has 2 aromatic rings. The highest BCUT2D eigenvalue weighted by Gasteiger charge is 2.03. The largest absolute Gasteiger partial charge is 0.357 e. The molecule has 0 bridgehead atoms. The molecule has 0 aliphatic heterocycles. The maximum absolute atomic E-state index is 5.80. The van der Waals surface area contributed by atoms with Crippen LogP contribution in [0.2, 0.25) is 5.15 Å². The molecule has 2 heterocycles. The number of nitrogens with one attached hydrogen (secondary N) is 2. The average molecular weight is 494 g/mol. The highest BCUT2D eigenvalue weighted by molar-refractivity contribution is 14.0. The molecule has 0 aromatic carbocycles. The van der Waals surface area contributed by atoms with E-state index in [0.29, 0.717) is 5.15 Å². The van der Waals surface area contributed by atoms with Crippen LogP contribution < -0.4 is 10.6 Å². The van der Waals surface area contributed by atoms with Crippen LogP contribution in [0.5, 0.6) is 0 Å². The quantitative estimate of drug-likeness (QED) is 0.267. The van der Waals surface area contributed by atoms with Gasteiger partial charge in [0.2, 0.25) is 0 Å². The van der Waals surface area contributed by atoms with E-state index in [9.17, 15) is 0 Å². The standard InChI is InChI=1S/C17H24ClN5S.HI/c1-4-19-17(20-9-7-14-5-6-15(18)22-11-14)21-10-8-16-23-12(2)13(3)24-16;/h5-6,11H,4,7-10H2,1-3H3,(H2,19,20,21);1H. The van der Waals surface area contributed by atoms with Gasteiger partial charge < -0.3 is 10.6 Å². The van der Waals surface area contributed by atoms with E-state index in [1.54, 1.807) is 17.5 Å². The van der Waals surface area contributed by atoms with Crippen molar-refractivity contribution in [2.75, 3.05) is 19.6 Å². The van der Waals surface area contributed by atoms with Gasteiger partial charge in [0.15, 0.2) is 5.96 Å². The van der Waals surface area contributed by atoms with E-state index in [2.05, 4.69) is 46.4 Å². The van der Waals surface area contributed by atoms with E-state index < -0.39 is 0 Å². The van der Waals surface area contributed by atoms with Gasteiger partial charge in [0.05, 0.1) is 10.7 Å². The summed E-state index contributed by atoms with van der Waals surface area (Å²) < 4.78 is 0. The summed E-state index contributed by atoms with van der Waals surface area (Å²) in [5.74, 6) is 0.837. The summed E-state index contributed by atoms with van der Waals surface area (Å²) in [6.45, 7) is 8.58. The van der Waals surface area contributed by atoms with E-state index in [4.69, 9.17) is 11.6 Å². The molecule has 2 aromatic heterocycles. The third kappa shape index (κ3) is 7.87. The number of halogens is 2. The molecule has 2 rings (SSSR count). The van der Waals surface area contributed by atoms with E-state index >= 15 is 0 Å². The number of thiazole rings is 1. The Kier molecular flexibility index (Phi) is 10.3. The highest BCUT2D eigenvalue weighted by Crippen LogP contribution is 2.16. The Bertz CT molecular complexity index is 653. The van der Waals surface area contributed by atoms with Crippen molar-refractivity contribution in [3.05, 3.63) is 44.6 Å². The molecular weight excluding hydrogens is 469 g/mol. The molecular formula is C17H25ClIN5S. The maximum Gasteiger partial charge on any atom is 0.191 e. The number of aromatic nitrogens is 2. The lowest BCUT2D eigenvalue weighted by atomic mass is 10.2. The number of nitrogens with zero attached hydrogens (tertiary/aromatic N) is 3. The lowest BCUT2D eigenvalue weighted by molar-refractivity contribution is 0.794. The van der Waals surface area contributed by atoms with E-state index in [-0.39, 0.29) is 24.0 Å². The Morgan fingerprint density at radius 2 is 2.04 bits per heavy atom. The Hall–Kier alpha value is -0.930. The van der Waals surface area contributed by atoms with Gasteiger partial charge in [-0.1, -0.05) is 17.7 Å². The molecule has 0 atom stereocenters. The van der Waals surface area contributed by atoms with Crippen LogP contribution >= 0.6 is 46.9 Å². The summed E-state index contributed by atoms with van der Waals surface area (Å²) in [6, 6.07) is 3.81. The molecule has 2 N–H and O–H groups in total. The third-order valence-electron chi connectivity index (χ3n) is 3.51. The average Bonchev–Trinajstić information content (AvgIpc) is 2.87. The molecule has 138 valence electrons. The summed E-state index contributed by atoms with van der Waals surface area (Å²) in [6.07, 6.45) is 3.55. The molecule has 0 saturated heterocycles. The van der Waals surface area contributed by atoms with Gasteiger partial charge in [-0.25, -0.2) is 9.97 Å². The molecule has 5 nitrogen and oxygen atoms in total. The van der Waals surface area contributed by atoms with Gasteiger partial charge in [-0.15, -0.1) is 35.3 Å². The zero-order chi connectivity index (χ0) is 17.4. The number of guanidine groups is 1. The van der Waals surface area contributed by atoms with Gasteiger partial charge >= 0.3 is 0 Å². The normalized spacial score (nSPS) is 11.1. The first-order chi connectivity index (χ1) is 11.6. The third-order valence-corrected chi connectivity index (χ3v) is 4.86. The maximum atomic E-state index is 5.80. The first kappa shape index (κ1) is 22.1. The second kappa shape index (κ2) is 11.6. The van der Waals surface area contributed by atoms with Crippen LogP contribution in [-0.2, 0) is 12.8 Å². The van der Waals surface area contributed by atoms with Crippen molar-refractivity contribution < 1.29 is 0 Å². The van der Waals surface area contributed by atoms with Crippen LogP contribution in [0.1, 0.15) is 28.1 Å². The molecule has 0 radical (unpaired) electrons. The number of hydrogen-bond donors (Lipinski definition) is 2. The minimum atomic E-state index is 0. The fraction of sp³-hybridized carbons (Fsp3) is 0.471. The van der Waals surface area contributed by atoms with Gasteiger partial charge in [-0.05, 0) is 38.8 Å². The van der Waals surface area contributed by atoms with Crippen LogP contribution in [0.4, 0.5) is 0 Å². The van der Waals surface area contributed by atoms with Crippen molar-refractivity contribution in [1.82, 2.24) is 20.6 Å². The summed E-state index contributed by atoms with van der Waals surface area (Å²) in [7, 11) is 0. The van der Waals surface area contributed by atoms with Crippen molar-refractivity contribution in [3.63, 3.8) is 0 Å². The van der Waals surface area contributed by atoms with Crippen molar-refractivity contribution >= 4 is 52.9 Å². The fourth-order valence-electron chi connectivity index (χ4n) is 2.13. The number of aliphatic imine (C=N–C) groups is 1. The Balaban J connectivity index is 0.00000312. The first-order valence-electron chi connectivity index (χ1n) is 8.14.